The van der Waals surface area contributed by atoms with Crippen molar-refractivity contribution < 1.29 is 13.3 Å². The Balaban J connectivity index is 2.31. The monoisotopic (exact) mass is 307 g/mol. The maximum Gasteiger partial charge on any atom is 0.269 e. The minimum atomic E-state index is -3.82. The summed E-state index contributed by atoms with van der Waals surface area (Å²) in [5.74, 6) is 0.214. The lowest BCUT2D eigenvalue weighted by atomic mass is 10.2. The average Bonchev–Trinajstić information content (AvgIpc) is 2.37. The van der Waals surface area contributed by atoms with Crippen LogP contribution in [0.4, 0.5) is 11.5 Å². The van der Waals surface area contributed by atoms with Crippen molar-refractivity contribution in [1.29, 1.82) is 0 Å². The van der Waals surface area contributed by atoms with Crippen molar-refractivity contribution in [2.45, 2.75) is 18.7 Å². The number of nitrogens with one attached hydrogen (secondary N) is 1. The van der Waals surface area contributed by atoms with Gasteiger partial charge in [-0.05, 0) is 43.7 Å². The van der Waals surface area contributed by atoms with E-state index in [1.165, 1.54) is 12.1 Å². The van der Waals surface area contributed by atoms with Crippen molar-refractivity contribution in [3.63, 3.8) is 0 Å². The number of aryl methyl sites for hydroxylation is 2. The maximum absolute atomic E-state index is 12.2. The third kappa shape index (κ3) is 3.54. The number of nitro benzene ring substituents is 1. The number of sulfonamides is 1. The smallest absolute Gasteiger partial charge is 0.263 e. The molecule has 8 heteroatoms. The Morgan fingerprint density at radius 3 is 2.29 bits per heavy atom. The van der Waals surface area contributed by atoms with Crippen LogP contribution in [0.2, 0.25) is 0 Å². The summed E-state index contributed by atoms with van der Waals surface area (Å²) in [5.41, 5.74) is 1.40. The van der Waals surface area contributed by atoms with E-state index in [1.54, 1.807) is 13.0 Å². The van der Waals surface area contributed by atoms with E-state index >= 15 is 0 Å². The molecule has 1 aromatic heterocycles. The molecule has 110 valence electrons. The van der Waals surface area contributed by atoms with Crippen LogP contribution in [-0.2, 0) is 10.0 Å². The first-order chi connectivity index (χ1) is 9.78. The molecule has 0 bridgehead atoms. The zero-order valence-corrected chi connectivity index (χ0v) is 12.2. The summed E-state index contributed by atoms with van der Waals surface area (Å²) in [6.07, 6.45) is 0. The van der Waals surface area contributed by atoms with E-state index in [0.29, 0.717) is 5.69 Å². The lowest BCUT2D eigenvalue weighted by Crippen LogP contribution is -2.14. The highest BCUT2D eigenvalue weighted by Gasteiger charge is 2.16. The average molecular weight is 307 g/mol. The Kier molecular flexibility index (Phi) is 3.90. The van der Waals surface area contributed by atoms with Crippen LogP contribution in [0.5, 0.6) is 0 Å². The largest absolute Gasteiger partial charge is 0.269 e. The van der Waals surface area contributed by atoms with Gasteiger partial charge in [0, 0.05) is 17.8 Å². The fourth-order valence-electron chi connectivity index (χ4n) is 1.84. The summed E-state index contributed by atoms with van der Waals surface area (Å²) in [7, 11) is -3.82. The molecule has 0 fully saturated rings. The number of nitro groups is 1. The van der Waals surface area contributed by atoms with Crippen LogP contribution < -0.4 is 4.72 Å². The van der Waals surface area contributed by atoms with E-state index in [0.717, 1.165) is 17.7 Å². The topological polar surface area (TPSA) is 102 Å². The molecule has 0 amide bonds. The molecule has 0 spiro atoms. The van der Waals surface area contributed by atoms with Crippen LogP contribution >= 0.6 is 0 Å². The Labute approximate surface area is 121 Å². The molecule has 0 aliphatic heterocycles. The van der Waals surface area contributed by atoms with Crippen LogP contribution in [0.3, 0.4) is 0 Å². The van der Waals surface area contributed by atoms with E-state index in [4.69, 9.17) is 0 Å². The predicted molar refractivity (Wildman–Crippen MR) is 77.6 cm³/mol. The fourth-order valence-corrected chi connectivity index (χ4v) is 2.83. The van der Waals surface area contributed by atoms with Crippen molar-refractivity contribution >= 4 is 21.5 Å². The SMILES string of the molecule is Cc1cc(C)nc(NS(=O)(=O)c2ccc([N+](=O)[O-])cc2)c1. The van der Waals surface area contributed by atoms with E-state index < -0.39 is 14.9 Å². The normalized spacial score (nSPS) is 11.1. The summed E-state index contributed by atoms with van der Waals surface area (Å²) < 4.78 is 26.7. The first-order valence-electron chi connectivity index (χ1n) is 6.00. The van der Waals surface area contributed by atoms with Gasteiger partial charge in [-0.1, -0.05) is 0 Å². The van der Waals surface area contributed by atoms with Gasteiger partial charge < -0.3 is 0 Å². The fraction of sp³-hybridized carbons (Fsp3) is 0.154. The molecule has 7 nitrogen and oxygen atoms in total. The van der Waals surface area contributed by atoms with Crippen LogP contribution in [0.1, 0.15) is 11.3 Å². The van der Waals surface area contributed by atoms with Crippen LogP contribution in [0.25, 0.3) is 0 Å². The number of aromatic nitrogens is 1. The van der Waals surface area contributed by atoms with E-state index in [-0.39, 0.29) is 16.4 Å². The number of anilines is 1. The van der Waals surface area contributed by atoms with E-state index in [2.05, 4.69) is 9.71 Å². The molecule has 0 atom stereocenters. The molecule has 0 unspecified atom stereocenters. The van der Waals surface area contributed by atoms with Crippen LogP contribution in [0.15, 0.2) is 41.3 Å². The molecule has 1 N–H and O–H groups in total. The highest BCUT2D eigenvalue weighted by molar-refractivity contribution is 7.92. The second-order valence-corrected chi connectivity index (χ2v) is 6.21. The van der Waals surface area contributed by atoms with Gasteiger partial charge in [-0.3, -0.25) is 14.8 Å². The van der Waals surface area contributed by atoms with Gasteiger partial charge in [0.25, 0.3) is 15.7 Å². The zero-order chi connectivity index (χ0) is 15.6. The molecule has 2 aromatic rings. The lowest BCUT2D eigenvalue weighted by molar-refractivity contribution is -0.384. The van der Waals surface area contributed by atoms with Crippen LogP contribution in [-0.4, -0.2) is 18.3 Å². The molecule has 21 heavy (non-hydrogen) atoms. The summed E-state index contributed by atoms with van der Waals surface area (Å²) in [6.45, 7) is 3.59. The van der Waals surface area contributed by atoms with Crippen molar-refractivity contribution in [1.82, 2.24) is 4.98 Å². The molecular formula is C13H13N3O4S. The standard InChI is InChI=1S/C13H13N3O4S/c1-9-7-10(2)14-13(8-9)15-21(19,20)12-5-3-11(4-6-12)16(17)18/h3-8H,1-2H3,(H,14,15). The van der Waals surface area contributed by atoms with Crippen LogP contribution in [0, 0.1) is 24.0 Å². The molecule has 1 heterocycles. The zero-order valence-electron chi connectivity index (χ0n) is 11.4. The minimum absolute atomic E-state index is 0.0611. The maximum atomic E-state index is 12.2. The van der Waals surface area contributed by atoms with E-state index in [1.807, 2.05) is 13.0 Å². The number of rotatable bonds is 4. The Hall–Kier alpha value is -2.48. The van der Waals surface area contributed by atoms with Gasteiger partial charge in [0.05, 0.1) is 9.82 Å². The summed E-state index contributed by atoms with van der Waals surface area (Å²) >= 11 is 0. The molecule has 0 radical (unpaired) electrons. The number of benzene rings is 1. The number of non-ortho nitro benzene ring substituents is 1. The molecule has 0 aliphatic rings. The van der Waals surface area contributed by atoms with Gasteiger partial charge in [-0.15, -0.1) is 0 Å². The second-order valence-electron chi connectivity index (χ2n) is 4.53. The molecule has 2 rings (SSSR count). The third-order valence-electron chi connectivity index (χ3n) is 2.69. The summed E-state index contributed by atoms with van der Waals surface area (Å²) in [4.78, 5) is 14.0. The van der Waals surface area contributed by atoms with Gasteiger partial charge in [-0.2, -0.15) is 0 Å². The first kappa shape index (κ1) is 14.9. The number of nitrogens with zero attached hydrogens (tertiary/aromatic N) is 2. The Morgan fingerprint density at radius 2 is 1.76 bits per heavy atom. The Bertz CT molecular complexity index is 765. The molecule has 0 saturated heterocycles. The first-order valence-corrected chi connectivity index (χ1v) is 7.49. The van der Waals surface area contributed by atoms with E-state index in [9.17, 15) is 18.5 Å². The Morgan fingerprint density at radius 1 is 1.14 bits per heavy atom. The molecule has 1 aromatic carbocycles. The predicted octanol–water partition coefficient (Wildman–Crippen LogP) is 2.41. The van der Waals surface area contributed by atoms with Gasteiger partial charge in [0.15, 0.2) is 0 Å². The molecular weight excluding hydrogens is 294 g/mol. The van der Waals surface area contributed by atoms with Gasteiger partial charge in [0.1, 0.15) is 5.82 Å². The third-order valence-corrected chi connectivity index (χ3v) is 4.07. The highest BCUT2D eigenvalue weighted by Crippen LogP contribution is 2.19. The van der Waals surface area contributed by atoms with Crippen molar-refractivity contribution in [2.75, 3.05) is 4.72 Å². The lowest BCUT2D eigenvalue weighted by Gasteiger charge is -2.08. The molecule has 0 aliphatic carbocycles. The van der Waals surface area contributed by atoms with Crippen molar-refractivity contribution in [3.8, 4) is 0 Å². The van der Waals surface area contributed by atoms with Crippen molar-refractivity contribution in [3.05, 3.63) is 57.8 Å². The highest BCUT2D eigenvalue weighted by atomic mass is 32.2. The summed E-state index contributed by atoms with van der Waals surface area (Å²) in [5, 5.41) is 10.6. The quantitative estimate of drug-likeness (QED) is 0.690. The number of pyridine rings is 1. The number of hydrogen-bond acceptors (Lipinski definition) is 5. The minimum Gasteiger partial charge on any atom is -0.263 e. The second kappa shape index (κ2) is 5.49. The van der Waals surface area contributed by atoms with Gasteiger partial charge in [0.2, 0.25) is 0 Å². The molecule has 0 saturated carbocycles. The number of hydrogen-bond donors (Lipinski definition) is 1. The van der Waals surface area contributed by atoms with Gasteiger partial charge >= 0.3 is 0 Å². The van der Waals surface area contributed by atoms with Gasteiger partial charge in [-0.25, -0.2) is 13.4 Å². The van der Waals surface area contributed by atoms with Crippen molar-refractivity contribution in [2.24, 2.45) is 0 Å². The summed E-state index contributed by atoms with van der Waals surface area (Å²) in [6, 6.07) is 8.08.